The van der Waals surface area contributed by atoms with Gasteiger partial charge in [0.2, 0.25) is 0 Å². The largest absolute Gasteiger partial charge is 0.393 e. The summed E-state index contributed by atoms with van der Waals surface area (Å²) >= 11 is 0. The highest BCUT2D eigenvalue weighted by Gasteiger charge is 2.26. The quantitative estimate of drug-likeness (QED) is 0.742. The summed E-state index contributed by atoms with van der Waals surface area (Å²) in [6.07, 6.45) is 2.74. The average molecular weight is 264 g/mol. The van der Waals surface area contributed by atoms with Gasteiger partial charge in [0.1, 0.15) is 0 Å². The molecule has 0 radical (unpaired) electrons. The zero-order chi connectivity index (χ0) is 12.9. The molecule has 0 aliphatic carbocycles. The lowest BCUT2D eigenvalue weighted by Crippen LogP contribution is -2.46. The van der Waals surface area contributed by atoms with Crippen LogP contribution in [0.2, 0.25) is 0 Å². The summed E-state index contributed by atoms with van der Waals surface area (Å²) < 4.78 is 27.9. The van der Waals surface area contributed by atoms with Gasteiger partial charge in [0.05, 0.1) is 6.10 Å². The summed E-state index contributed by atoms with van der Waals surface area (Å²) in [4.78, 5) is 0. The van der Waals surface area contributed by atoms with Crippen LogP contribution in [0.15, 0.2) is 0 Å². The molecular formula is C11H24N2O3S. The van der Waals surface area contributed by atoms with Crippen LogP contribution in [-0.2, 0) is 10.2 Å². The molecule has 6 heteroatoms. The van der Waals surface area contributed by atoms with Crippen molar-refractivity contribution in [3.05, 3.63) is 0 Å². The molecular weight excluding hydrogens is 240 g/mol. The number of nitrogens with one attached hydrogen (secondary N) is 1. The van der Waals surface area contributed by atoms with Crippen molar-refractivity contribution in [1.82, 2.24) is 9.03 Å². The first-order chi connectivity index (χ1) is 7.95. The summed E-state index contributed by atoms with van der Waals surface area (Å²) in [6, 6.07) is 0. The Bertz CT molecular complexity index is 319. The molecule has 2 N–H and O–H groups in total. The van der Waals surface area contributed by atoms with E-state index in [0.717, 1.165) is 12.8 Å². The molecule has 1 rings (SSSR count). The van der Waals surface area contributed by atoms with Crippen LogP contribution in [0.5, 0.6) is 0 Å². The van der Waals surface area contributed by atoms with Crippen molar-refractivity contribution in [2.24, 2.45) is 5.92 Å². The fraction of sp³-hybridized carbons (Fsp3) is 1.00. The maximum Gasteiger partial charge on any atom is 0.279 e. The van der Waals surface area contributed by atoms with Crippen molar-refractivity contribution in [3.63, 3.8) is 0 Å². The van der Waals surface area contributed by atoms with Gasteiger partial charge in [-0.25, -0.2) is 4.72 Å². The number of hydrogen-bond donors (Lipinski definition) is 2. The Morgan fingerprint density at radius 1 is 1.53 bits per heavy atom. The first-order valence-electron chi connectivity index (χ1n) is 6.38. The second-order valence-corrected chi connectivity index (χ2v) is 6.61. The lowest BCUT2D eigenvalue weighted by molar-refractivity contribution is 0.161. The monoisotopic (exact) mass is 264 g/mol. The molecule has 1 saturated heterocycles. The Labute approximate surface area is 104 Å². The third kappa shape index (κ3) is 4.91. The van der Waals surface area contributed by atoms with Gasteiger partial charge in [-0.2, -0.15) is 12.7 Å². The molecule has 1 aliphatic heterocycles. The molecule has 5 nitrogen and oxygen atoms in total. The number of piperidine rings is 1. The zero-order valence-electron chi connectivity index (χ0n) is 10.7. The van der Waals surface area contributed by atoms with E-state index in [1.165, 1.54) is 4.31 Å². The van der Waals surface area contributed by atoms with Crippen molar-refractivity contribution in [2.45, 2.75) is 45.6 Å². The van der Waals surface area contributed by atoms with Crippen molar-refractivity contribution >= 4 is 10.2 Å². The highest BCUT2D eigenvalue weighted by Crippen LogP contribution is 2.17. The second kappa shape index (κ2) is 6.68. The predicted molar refractivity (Wildman–Crippen MR) is 67.8 cm³/mol. The summed E-state index contributed by atoms with van der Waals surface area (Å²) in [5.41, 5.74) is 0. The lowest BCUT2D eigenvalue weighted by Gasteiger charge is -2.30. The molecule has 1 aliphatic rings. The molecule has 0 aromatic rings. The van der Waals surface area contributed by atoms with Crippen LogP contribution < -0.4 is 4.72 Å². The van der Waals surface area contributed by atoms with E-state index in [-0.39, 0.29) is 0 Å². The fourth-order valence-corrected chi connectivity index (χ4v) is 3.39. The first kappa shape index (κ1) is 14.9. The molecule has 2 unspecified atom stereocenters. The minimum Gasteiger partial charge on any atom is -0.393 e. The van der Waals surface area contributed by atoms with Gasteiger partial charge < -0.3 is 5.11 Å². The van der Waals surface area contributed by atoms with Crippen molar-refractivity contribution in [1.29, 1.82) is 0 Å². The number of aliphatic hydroxyl groups is 1. The molecule has 0 saturated carbocycles. The van der Waals surface area contributed by atoms with E-state index in [4.69, 9.17) is 0 Å². The van der Waals surface area contributed by atoms with Gasteiger partial charge in [-0.3, -0.25) is 0 Å². The molecule has 102 valence electrons. The van der Waals surface area contributed by atoms with E-state index < -0.39 is 16.3 Å². The summed E-state index contributed by atoms with van der Waals surface area (Å²) in [7, 11) is -3.35. The van der Waals surface area contributed by atoms with Crippen molar-refractivity contribution < 1.29 is 13.5 Å². The Balaban J connectivity index is 2.39. The van der Waals surface area contributed by atoms with Crippen LogP contribution >= 0.6 is 0 Å². The summed E-state index contributed by atoms with van der Waals surface area (Å²) in [5, 5.41) is 9.36. The van der Waals surface area contributed by atoms with Gasteiger partial charge in [0.15, 0.2) is 0 Å². The molecule has 17 heavy (non-hydrogen) atoms. The van der Waals surface area contributed by atoms with Gasteiger partial charge in [-0.05, 0) is 31.6 Å². The van der Waals surface area contributed by atoms with E-state index in [0.29, 0.717) is 38.4 Å². The van der Waals surface area contributed by atoms with Crippen LogP contribution in [0.1, 0.15) is 39.5 Å². The van der Waals surface area contributed by atoms with E-state index in [9.17, 15) is 13.5 Å². The van der Waals surface area contributed by atoms with Gasteiger partial charge in [0.25, 0.3) is 10.2 Å². The minimum absolute atomic E-state index is 0.308. The molecule has 1 fully saturated rings. The third-order valence-corrected chi connectivity index (χ3v) is 4.77. The van der Waals surface area contributed by atoms with Crippen LogP contribution in [-0.4, -0.2) is 43.6 Å². The number of nitrogens with zero attached hydrogens (tertiary/aromatic N) is 1. The molecule has 0 aromatic heterocycles. The standard InChI is InChI=1S/C11H24N2O3S/c1-3-11(14)6-7-12-17(15,16)13-8-4-5-10(2)9-13/h10-12,14H,3-9H2,1-2H3. The van der Waals surface area contributed by atoms with Crippen LogP contribution in [0.3, 0.4) is 0 Å². The molecule has 0 spiro atoms. The number of hydrogen-bond acceptors (Lipinski definition) is 3. The van der Waals surface area contributed by atoms with Crippen LogP contribution in [0.4, 0.5) is 0 Å². The normalized spacial score (nSPS) is 24.8. The molecule has 0 amide bonds. The first-order valence-corrected chi connectivity index (χ1v) is 7.82. The van der Waals surface area contributed by atoms with E-state index in [2.05, 4.69) is 11.6 Å². The minimum atomic E-state index is -3.35. The van der Waals surface area contributed by atoms with E-state index in [1.807, 2.05) is 6.92 Å². The highest BCUT2D eigenvalue weighted by molar-refractivity contribution is 7.87. The average Bonchev–Trinajstić information content (AvgIpc) is 2.28. The van der Waals surface area contributed by atoms with Crippen LogP contribution in [0.25, 0.3) is 0 Å². The molecule has 1 heterocycles. The van der Waals surface area contributed by atoms with Crippen molar-refractivity contribution in [3.8, 4) is 0 Å². The van der Waals surface area contributed by atoms with Gasteiger partial charge in [-0.15, -0.1) is 0 Å². The van der Waals surface area contributed by atoms with Gasteiger partial charge >= 0.3 is 0 Å². The SMILES string of the molecule is CCC(O)CCNS(=O)(=O)N1CCCC(C)C1. The second-order valence-electron chi connectivity index (χ2n) is 4.86. The Hall–Kier alpha value is -0.170. The molecule has 0 bridgehead atoms. The van der Waals surface area contributed by atoms with Gasteiger partial charge in [-0.1, -0.05) is 13.8 Å². The lowest BCUT2D eigenvalue weighted by atomic mass is 10.0. The number of aliphatic hydroxyl groups excluding tert-OH is 1. The summed E-state index contributed by atoms with van der Waals surface area (Å²) in [6.45, 7) is 5.47. The molecule has 2 atom stereocenters. The zero-order valence-corrected chi connectivity index (χ0v) is 11.5. The van der Waals surface area contributed by atoms with E-state index in [1.54, 1.807) is 0 Å². The summed E-state index contributed by atoms with van der Waals surface area (Å²) in [5.74, 6) is 0.432. The highest BCUT2D eigenvalue weighted by atomic mass is 32.2. The maximum absolute atomic E-state index is 11.9. The Morgan fingerprint density at radius 2 is 2.24 bits per heavy atom. The van der Waals surface area contributed by atoms with Crippen LogP contribution in [0, 0.1) is 5.92 Å². The smallest absolute Gasteiger partial charge is 0.279 e. The topological polar surface area (TPSA) is 69.6 Å². The van der Waals surface area contributed by atoms with Crippen molar-refractivity contribution in [2.75, 3.05) is 19.6 Å². The maximum atomic E-state index is 11.9. The third-order valence-electron chi connectivity index (χ3n) is 3.19. The van der Waals surface area contributed by atoms with Gasteiger partial charge in [0, 0.05) is 19.6 Å². The van der Waals surface area contributed by atoms with E-state index >= 15 is 0 Å². The number of rotatable bonds is 6. The fourth-order valence-electron chi connectivity index (χ4n) is 2.01. The Kier molecular flexibility index (Phi) is 5.85. The molecule has 0 aromatic carbocycles. The Morgan fingerprint density at radius 3 is 2.82 bits per heavy atom. The predicted octanol–water partition coefficient (Wildman–Crippen LogP) is 0.714.